The van der Waals surface area contributed by atoms with E-state index in [1.54, 1.807) is 25.3 Å². The van der Waals surface area contributed by atoms with E-state index in [2.05, 4.69) is 12.1 Å². The molecule has 3 aromatic rings. The van der Waals surface area contributed by atoms with Crippen molar-refractivity contribution in [2.75, 3.05) is 14.2 Å². The lowest BCUT2D eigenvalue weighted by molar-refractivity contribution is -0.0209. The summed E-state index contributed by atoms with van der Waals surface area (Å²) in [6.07, 6.45) is 0.219. The number of rotatable bonds is 4. The molecule has 0 saturated heterocycles. The van der Waals surface area contributed by atoms with E-state index >= 15 is 0 Å². The molecule has 5 rings (SSSR count). The molecule has 0 bridgehead atoms. The number of carbonyl (C=O) groups excluding carboxylic acids is 1. The number of benzene rings is 3. The minimum Gasteiger partial charge on any atom is -0.493 e. The quantitative estimate of drug-likeness (QED) is 0.501. The van der Waals surface area contributed by atoms with Gasteiger partial charge in [-0.05, 0) is 23.8 Å². The molecule has 2 aliphatic rings. The van der Waals surface area contributed by atoms with Crippen LogP contribution in [0, 0.1) is 0 Å². The zero-order chi connectivity index (χ0) is 22.2. The van der Waals surface area contributed by atoms with E-state index in [4.69, 9.17) is 30.9 Å². The van der Waals surface area contributed by atoms with Crippen molar-refractivity contribution in [1.82, 2.24) is 5.01 Å². The molecule has 0 aliphatic carbocycles. The van der Waals surface area contributed by atoms with Crippen LogP contribution < -0.4 is 9.47 Å². The minimum atomic E-state index is -0.490. The number of esters is 1. The molecule has 0 N–H and O–H groups in total. The first-order chi connectivity index (χ1) is 15.6. The average Bonchev–Trinajstić information content (AvgIpc) is 3.29. The molecule has 0 spiro atoms. The van der Waals surface area contributed by atoms with Crippen molar-refractivity contribution in [2.24, 2.45) is 5.10 Å². The summed E-state index contributed by atoms with van der Waals surface area (Å²) in [5.41, 5.74) is 4.32. The summed E-state index contributed by atoms with van der Waals surface area (Å²) in [5.74, 6) is 0.854. The van der Waals surface area contributed by atoms with Gasteiger partial charge in [0.1, 0.15) is 0 Å². The Morgan fingerprint density at radius 3 is 2.53 bits per heavy atom. The highest BCUT2D eigenvalue weighted by molar-refractivity contribution is 6.30. The van der Waals surface area contributed by atoms with Gasteiger partial charge in [-0.15, -0.1) is 0 Å². The average molecular weight is 449 g/mol. The van der Waals surface area contributed by atoms with E-state index in [-0.39, 0.29) is 12.0 Å². The Morgan fingerprint density at radius 2 is 1.84 bits per heavy atom. The maximum Gasteiger partial charge on any atom is 0.337 e. The van der Waals surface area contributed by atoms with Crippen LogP contribution in [-0.4, -0.2) is 30.9 Å². The zero-order valence-electron chi connectivity index (χ0n) is 17.6. The van der Waals surface area contributed by atoms with Gasteiger partial charge >= 0.3 is 5.97 Å². The lowest BCUT2D eigenvalue weighted by atomic mass is 9.95. The van der Waals surface area contributed by atoms with E-state index in [0.29, 0.717) is 28.5 Å². The van der Waals surface area contributed by atoms with Gasteiger partial charge in [0.25, 0.3) is 0 Å². The third-order valence-corrected chi connectivity index (χ3v) is 5.98. The van der Waals surface area contributed by atoms with Crippen molar-refractivity contribution in [3.63, 3.8) is 0 Å². The Balaban J connectivity index is 1.60. The summed E-state index contributed by atoms with van der Waals surface area (Å²) in [7, 11) is 2.96. The second-order valence-corrected chi connectivity index (χ2v) is 8.06. The summed E-state index contributed by atoms with van der Waals surface area (Å²) >= 11 is 6.38. The molecular weight excluding hydrogens is 428 g/mol. The number of halogens is 1. The Hall–Kier alpha value is -3.51. The Kier molecular flexibility index (Phi) is 5.23. The molecule has 32 heavy (non-hydrogen) atoms. The normalized spacial score (nSPS) is 18.8. The standard InChI is InChI=1S/C25H21ClN2O4/c1-30-22-13-18(26)12-19-21-14-20(15-6-4-3-5-7-15)27-28(21)24(32-23(19)22)16-8-10-17(11-9-16)25(29)31-2/h3-13,21,24H,14H2,1-2H3/t21-,24-/m1/s1. The SMILES string of the molecule is COC(=O)c1ccc([C@H]2Oc3c(OC)cc(Cl)cc3[C@H]3CC(c4ccccc4)=NN32)cc1. The number of hydrogen-bond acceptors (Lipinski definition) is 6. The van der Waals surface area contributed by atoms with Gasteiger partial charge in [-0.2, -0.15) is 5.10 Å². The molecule has 0 amide bonds. The van der Waals surface area contributed by atoms with Crippen LogP contribution in [-0.2, 0) is 4.74 Å². The van der Waals surface area contributed by atoms with Gasteiger partial charge in [-0.25, -0.2) is 9.80 Å². The predicted molar refractivity (Wildman–Crippen MR) is 121 cm³/mol. The molecule has 2 atom stereocenters. The van der Waals surface area contributed by atoms with Crippen molar-refractivity contribution in [2.45, 2.75) is 18.7 Å². The maximum absolute atomic E-state index is 11.8. The van der Waals surface area contributed by atoms with E-state index in [0.717, 1.165) is 22.4 Å². The number of carbonyl (C=O) groups is 1. The van der Waals surface area contributed by atoms with Crippen molar-refractivity contribution in [3.8, 4) is 11.5 Å². The summed E-state index contributed by atoms with van der Waals surface area (Å²) in [4.78, 5) is 11.8. The molecular formula is C25H21ClN2O4. The van der Waals surface area contributed by atoms with Crippen LogP contribution in [0.5, 0.6) is 11.5 Å². The van der Waals surface area contributed by atoms with Crippen LogP contribution in [0.25, 0.3) is 0 Å². The lowest BCUT2D eigenvalue weighted by Crippen LogP contribution is -2.34. The summed E-state index contributed by atoms with van der Waals surface area (Å²) in [6.45, 7) is 0. The molecule has 7 heteroatoms. The van der Waals surface area contributed by atoms with Gasteiger partial charge in [-0.1, -0.05) is 54.1 Å². The van der Waals surface area contributed by atoms with E-state index in [1.807, 2.05) is 41.4 Å². The highest BCUT2D eigenvalue weighted by Crippen LogP contribution is 2.51. The molecule has 0 radical (unpaired) electrons. The van der Waals surface area contributed by atoms with Crippen LogP contribution >= 0.6 is 11.6 Å². The van der Waals surface area contributed by atoms with Gasteiger partial charge in [0.2, 0.25) is 6.23 Å². The van der Waals surface area contributed by atoms with Gasteiger partial charge < -0.3 is 14.2 Å². The van der Waals surface area contributed by atoms with Gasteiger partial charge in [0.05, 0.1) is 31.5 Å². The molecule has 0 aromatic heterocycles. The monoisotopic (exact) mass is 448 g/mol. The fourth-order valence-electron chi connectivity index (χ4n) is 4.20. The van der Waals surface area contributed by atoms with Crippen LogP contribution in [0.2, 0.25) is 5.02 Å². The summed E-state index contributed by atoms with van der Waals surface area (Å²) < 4.78 is 16.8. The van der Waals surface area contributed by atoms with Gasteiger partial charge in [0, 0.05) is 28.6 Å². The molecule has 6 nitrogen and oxygen atoms in total. The summed E-state index contributed by atoms with van der Waals surface area (Å²) in [6, 6.07) is 20.9. The predicted octanol–water partition coefficient (Wildman–Crippen LogP) is 5.38. The second-order valence-electron chi connectivity index (χ2n) is 7.62. The smallest absolute Gasteiger partial charge is 0.337 e. The molecule has 2 heterocycles. The van der Waals surface area contributed by atoms with Gasteiger partial charge in [0.15, 0.2) is 11.5 Å². The molecule has 162 valence electrons. The number of ether oxygens (including phenoxy) is 3. The highest BCUT2D eigenvalue weighted by atomic mass is 35.5. The Labute approximate surface area is 191 Å². The molecule has 0 saturated carbocycles. The van der Waals surface area contributed by atoms with E-state index in [9.17, 15) is 4.79 Å². The van der Waals surface area contributed by atoms with Crippen molar-refractivity contribution in [1.29, 1.82) is 0 Å². The van der Waals surface area contributed by atoms with Crippen molar-refractivity contribution >= 4 is 23.3 Å². The Bertz CT molecular complexity index is 1190. The van der Waals surface area contributed by atoms with E-state index < -0.39 is 6.23 Å². The number of hydrogen-bond donors (Lipinski definition) is 0. The van der Waals surface area contributed by atoms with Crippen molar-refractivity contribution in [3.05, 3.63) is 94.0 Å². The summed E-state index contributed by atoms with van der Waals surface area (Å²) in [5, 5.41) is 7.49. The number of hydrazone groups is 1. The second kappa shape index (κ2) is 8.20. The van der Waals surface area contributed by atoms with Crippen LogP contribution in [0.15, 0.2) is 71.8 Å². The number of fused-ring (bicyclic) bond motifs is 3. The Morgan fingerprint density at radius 1 is 1.09 bits per heavy atom. The highest BCUT2D eigenvalue weighted by Gasteiger charge is 2.42. The van der Waals surface area contributed by atoms with Crippen molar-refractivity contribution < 1.29 is 19.0 Å². The lowest BCUT2D eigenvalue weighted by Gasteiger charge is -2.38. The first-order valence-corrected chi connectivity index (χ1v) is 10.6. The number of methoxy groups -OCH3 is 2. The minimum absolute atomic E-state index is 0.0631. The van der Waals surface area contributed by atoms with Crippen LogP contribution in [0.3, 0.4) is 0 Å². The first kappa shape index (κ1) is 20.4. The fraction of sp³-hybridized carbons (Fsp3) is 0.200. The zero-order valence-corrected chi connectivity index (χ0v) is 18.4. The largest absolute Gasteiger partial charge is 0.493 e. The molecule has 0 fully saturated rings. The topological polar surface area (TPSA) is 60.4 Å². The van der Waals surface area contributed by atoms with E-state index in [1.165, 1.54) is 7.11 Å². The molecule has 0 unspecified atom stereocenters. The molecule has 2 aliphatic heterocycles. The maximum atomic E-state index is 11.8. The third kappa shape index (κ3) is 3.46. The number of nitrogens with zero attached hydrogens (tertiary/aromatic N) is 2. The fourth-order valence-corrected chi connectivity index (χ4v) is 4.42. The molecule has 3 aromatic carbocycles. The van der Waals surface area contributed by atoms with Crippen LogP contribution in [0.1, 0.15) is 45.7 Å². The van der Waals surface area contributed by atoms with Gasteiger partial charge in [-0.3, -0.25) is 0 Å². The first-order valence-electron chi connectivity index (χ1n) is 10.2. The third-order valence-electron chi connectivity index (χ3n) is 5.76. The van der Waals surface area contributed by atoms with Crippen LogP contribution in [0.4, 0.5) is 0 Å².